The Bertz CT molecular complexity index is 813. The maximum absolute atomic E-state index is 12.0. The first-order chi connectivity index (χ1) is 12.2. The van der Waals surface area contributed by atoms with E-state index in [-0.39, 0.29) is 12.3 Å². The van der Waals surface area contributed by atoms with Crippen molar-refractivity contribution in [2.24, 2.45) is 0 Å². The summed E-state index contributed by atoms with van der Waals surface area (Å²) in [5.41, 5.74) is 2.80. The lowest BCUT2D eigenvalue weighted by molar-refractivity contribution is -0.120. The van der Waals surface area contributed by atoms with Gasteiger partial charge in [0.15, 0.2) is 0 Å². The first-order valence-corrected chi connectivity index (χ1v) is 9.15. The second-order valence-electron chi connectivity index (χ2n) is 5.70. The molecule has 25 heavy (non-hydrogen) atoms. The van der Waals surface area contributed by atoms with Gasteiger partial charge in [-0.25, -0.2) is 4.98 Å². The van der Waals surface area contributed by atoms with E-state index in [9.17, 15) is 4.79 Å². The average molecular weight is 352 g/mol. The second-order valence-corrected chi connectivity index (χ2v) is 6.87. The number of carbonyl (C=O) groups is 1. The molecule has 1 amide bonds. The van der Waals surface area contributed by atoms with Crippen LogP contribution in [-0.4, -0.2) is 23.2 Å². The van der Waals surface area contributed by atoms with Gasteiger partial charge in [-0.05, 0) is 31.2 Å². The predicted molar refractivity (Wildman–Crippen MR) is 101 cm³/mol. The van der Waals surface area contributed by atoms with Crippen molar-refractivity contribution < 1.29 is 9.21 Å². The molecule has 0 unspecified atom stereocenters. The van der Waals surface area contributed by atoms with Crippen LogP contribution < -0.4 is 5.32 Å². The number of oxazole rings is 1. The summed E-state index contributed by atoms with van der Waals surface area (Å²) >= 11 is 1.73. The molecule has 4 nitrogen and oxygen atoms in total. The van der Waals surface area contributed by atoms with Crippen LogP contribution in [0.2, 0.25) is 0 Å². The Hall–Kier alpha value is -2.53. The van der Waals surface area contributed by atoms with E-state index in [1.54, 1.807) is 18.0 Å². The van der Waals surface area contributed by atoms with Crippen LogP contribution in [0.25, 0.3) is 11.5 Å². The topological polar surface area (TPSA) is 55.1 Å². The Morgan fingerprint density at radius 3 is 2.64 bits per heavy atom. The van der Waals surface area contributed by atoms with Crippen LogP contribution >= 0.6 is 11.8 Å². The van der Waals surface area contributed by atoms with Crippen LogP contribution in [0.5, 0.6) is 0 Å². The normalized spacial score (nSPS) is 10.6. The molecule has 0 atom stereocenters. The Morgan fingerprint density at radius 1 is 1.12 bits per heavy atom. The van der Waals surface area contributed by atoms with E-state index in [2.05, 4.69) is 41.5 Å². The highest BCUT2D eigenvalue weighted by molar-refractivity contribution is 7.99. The summed E-state index contributed by atoms with van der Waals surface area (Å²) in [6.45, 7) is 2.70. The smallest absolute Gasteiger partial charge is 0.226 e. The molecule has 1 N–H and O–H groups in total. The second kappa shape index (κ2) is 8.53. The summed E-state index contributed by atoms with van der Waals surface area (Å²) < 4.78 is 5.45. The summed E-state index contributed by atoms with van der Waals surface area (Å²) in [6.07, 6.45) is 1.77. The number of carbonyl (C=O) groups excluding carboxylic acids is 1. The van der Waals surface area contributed by atoms with E-state index in [0.717, 1.165) is 11.3 Å². The fourth-order valence-corrected chi connectivity index (χ4v) is 3.09. The van der Waals surface area contributed by atoms with Crippen molar-refractivity contribution in [3.63, 3.8) is 0 Å². The zero-order chi connectivity index (χ0) is 17.5. The third-order valence-electron chi connectivity index (χ3n) is 3.63. The molecule has 0 fully saturated rings. The van der Waals surface area contributed by atoms with Crippen molar-refractivity contribution in [3.05, 3.63) is 72.1 Å². The van der Waals surface area contributed by atoms with E-state index in [4.69, 9.17) is 4.42 Å². The van der Waals surface area contributed by atoms with Gasteiger partial charge >= 0.3 is 0 Å². The average Bonchev–Trinajstić information content (AvgIpc) is 3.09. The van der Waals surface area contributed by atoms with Crippen LogP contribution in [0.4, 0.5) is 0 Å². The maximum Gasteiger partial charge on any atom is 0.226 e. The number of amides is 1. The van der Waals surface area contributed by atoms with E-state index in [1.807, 2.05) is 30.3 Å². The number of rotatable bonds is 7. The summed E-state index contributed by atoms with van der Waals surface area (Å²) in [6, 6.07) is 18.0. The third kappa shape index (κ3) is 5.22. The van der Waals surface area contributed by atoms with E-state index >= 15 is 0 Å². The molecule has 0 aliphatic rings. The molecule has 0 radical (unpaired) electrons. The van der Waals surface area contributed by atoms with Gasteiger partial charge in [-0.2, -0.15) is 0 Å². The fraction of sp³-hybridized carbons (Fsp3) is 0.200. The first kappa shape index (κ1) is 17.3. The molecule has 0 aliphatic heterocycles. The molecule has 3 aromatic rings. The number of nitrogens with one attached hydrogen (secondary N) is 1. The monoisotopic (exact) mass is 352 g/mol. The lowest BCUT2D eigenvalue weighted by Crippen LogP contribution is -2.27. The van der Waals surface area contributed by atoms with Crippen LogP contribution in [0.3, 0.4) is 0 Å². The van der Waals surface area contributed by atoms with Gasteiger partial charge in [0.25, 0.3) is 0 Å². The molecule has 3 rings (SSSR count). The lowest BCUT2D eigenvalue weighted by Gasteiger charge is -2.04. The SMILES string of the molecule is Cc1ccc(SCCNC(=O)Cc2coc(-c3ccccc3)n2)cc1. The Morgan fingerprint density at radius 2 is 1.88 bits per heavy atom. The molecule has 0 saturated heterocycles. The number of aryl methyl sites for hydroxylation is 1. The number of aromatic nitrogens is 1. The van der Waals surface area contributed by atoms with E-state index < -0.39 is 0 Å². The molecule has 0 saturated carbocycles. The molecule has 1 heterocycles. The van der Waals surface area contributed by atoms with Gasteiger partial charge in [0.05, 0.1) is 12.1 Å². The maximum atomic E-state index is 12.0. The summed E-state index contributed by atoms with van der Waals surface area (Å²) in [5, 5.41) is 2.92. The standard InChI is InChI=1S/C20H20N2O2S/c1-15-7-9-18(10-8-15)25-12-11-21-19(23)13-17-14-24-20(22-17)16-5-3-2-4-6-16/h2-10,14H,11-13H2,1H3,(H,21,23). The largest absolute Gasteiger partial charge is 0.444 e. The van der Waals surface area contributed by atoms with Gasteiger partial charge in [0.2, 0.25) is 11.8 Å². The van der Waals surface area contributed by atoms with Crippen LogP contribution in [0.15, 0.2) is 70.2 Å². The van der Waals surface area contributed by atoms with Gasteiger partial charge in [-0.15, -0.1) is 11.8 Å². The number of thioether (sulfide) groups is 1. The van der Waals surface area contributed by atoms with E-state index in [0.29, 0.717) is 18.1 Å². The van der Waals surface area contributed by atoms with Crippen LogP contribution in [0.1, 0.15) is 11.3 Å². The van der Waals surface area contributed by atoms with Gasteiger partial charge < -0.3 is 9.73 Å². The molecular formula is C20H20N2O2S. The highest BCUT2D eigenvalue weighted by Crippen LogP contribution is 2.18. The highest BCUT2D eigenvalue weighted by atomic mass is 32.2. The summed E-state index contributed by atoms with van der Waals surface area (Å²) in [4.78, 5) is 17.6. The highest BCUT2D eigenvalue weighted by Gasteiger charge is 2.10. The third-order valence-corrected chi connectivity index (χ3v) is 4.64. The Balaban J connectivity index is 1.42. The number of hydrogen-bond donors (Lipinski definition) is 1. The summed E-state index contributed by atoms with van der Waals surface area (Å²) in [7, 11) is 0. The van der Waals surface area contributed by atoms with Crippen molar-refractivity contribution in [2.75, 3.05) is 12.3 Å². The fourth-order valence-electron chi connectivity index (χ4n) is 2.32. The quantitative estimate of drug-likeness (QED) is 0.514. The van der Waals surface area contributed by atoms with Gasteiger partial charge in [0, 0.05) is 22.8 Å². The zero-order valence-corrected chi connectivity index (χ0v) is 14.9. The summed E-state index contributed by atoms with van der Waals surface area (Å²) in [5.74, 6) is 1.33. The van der Waals surface area contributed by atoms with Crippen LogP contribution in [0, 0.1) is 6.92 Å². The molecule has 1 aromatic heterocycles. The molecule has 0 bridgehead atoms. The molecular weight excluding hydrogens is 332 g/mol. The van der Waals surface area contributed by atoms with Crippen molar-refractivity contribution in [1.82, 2.24) is 10.3 Å². The van der Waals surface area contributed by atoms with Gasteiger partial charge in [0.1, 0.15) is 6.26 Å². The molecule has 0 spiro atoms. The van der Waals surface area contributed by atoms with Crippen molar-refractivity contribution in [2.45, 2.75) is 18.2 Å². The number of benzene rings is 2. The Kier molecular flexibility index (Phi) is 5.90. The first-order valence-electron chi connectivity index (χ1n) is 8.17. The minimum atomic E-state index is -0.0441. The van der Waals surface area contributed by atoms with Gasteiger partial charge in [-0.1, -0.05) is 35.9 Å². The van der Waals surface area contributed by atoms with Crippen molar-refractivity contribution >= 4 is 17.7 Å². The van der Waals surface area contributed by atoms with Crippen LogP contribution in [-0.2, 0) is 11.2 Å². The minimum absolute atomic E-state index is 0.0441. The number of hydrogen-bond acceptors (Lipinski definition) is 4. The van der Waals surface area contributed by atoms with Crippen molar-refractivity contribution in [3.8, 4) is 11.5 Å². The zero-order valence-electron chi connectivity index (χ0n) is 14.1. The lowest BCUT2D eigenvalue weighted by atomic mass is 10.2. The molecule has 0 aliphatic carbocycles. The number of nitrogens with zero attached hydrogens (tertiary/aromatic N) is 1. The molecule has 2 aromatic carbocycles. The van der Waals surface area contributed by atoms with E-state index in [1.165, 1.54) is 10.5 Å². The van der Waals surface area contributed by atoms with Crippen molar-refractivity contribution in [1.29, 1.82) is 0 Å². The molecule has 5 heteroatoms. The molecule has 128 valence electrons. The minimum Gasteiger partial charge on any atom is -0.444 e. The Labute approximate surface area is 151 Å². The predicted octanol–water partition coefficient (Wildman–Crippen LogP) is 4.10. The van der Waals surface area contributed by atoms with Gasteiger partial charge in [-0.3, -0.25) is 4.79 Å².